The second-order valence-electron chi connectivity index (χ2n) is 5.70. The van der Waals surface area contributed by atoms with E-state index in [2.05, 4.69) is 15.4 Å². The summed E-state index contributed by atoms with van der Waals surface area (Å²) in [5.74, 6) is 0. The van der Waals surface area contributed by atoms with Gasteiger partial charge in [0.05, 0.1) is 18.4 Å². The number of hydrogen-bond donors (Lipinski definition) is 1. The average Bonchev–Trinajstić information content (AvgIpc) is 3.29. The Morgan fingerprint density at radius 2 is 1.85 bits per heavy atom. The highest BCUT2D eigenvalue weighted by molar-refractivity contribution is 5.52. The van der Waals surface area contributed by atoms with Crippen LogP contribution >= 0.6 is 0 Å². The Labute approximate surface area is 146 Å². The number of fused-ring (bicyclic) bond motifs is 1. The van der Waals surface area contributed by atoms with Crippen molar-refractivity contribution in [1.29, 1.82) is 0 Å². The van der Waals surface area contributed by atoms with Crippen LogP contribution in [0, 0.1) is 0 Å². The fraction of sp³-hybridized carbons (Fsp3) is 0.111. The number of halogens is 3. The quantitative estimate of drug-likeness (QED) is 0.597. The maximum Gasteiger partial charge on any atom is 0.433 e. The molecule has 0 spiro atoms. The summed E-state index contributed by atoms with van der Waals surface area (Å²) in [5.41, 5.74) is 2.05. The van der Waals surface area contributed by atoms with Crippen LogP contribution in [0.1, 0.15) is 11.4 Å². The first-order valence-corrected chi connectivity index (χ1v) is 7.89. The van der Waals surface area contributed by atoms with Gasteiger partial charge in [-0.25, -0.2) is 9.67 Å². The van der Waals surface area contributed by atoms with Gasteiger partial charge in [-0.15, -0.1) is 0 Å². The zero-order chi connectivity index (χ0) is 18.1. The fourth-order valence-corrected chi connectivity index (χ4v) is 2.81. The maximum atomic E-state index is 13.1. The summed E-state index contributed by atoms with van der Waals surface area (Å²) >= 11 is 0. The first kappa shape index (κ1) is 16.2. The highest BCUT2D eigenvalue weighted by Gasteiger charge is 2.35. The molecule has 0 atom stereocenters. The van der Waals surface area contributed by atoms with Gasteiger partial charge in [0.15, 0.2) is 0 Å². The van der Waals surface area contributed by atoms with Crippen LogP contribution in [-0.4, -0.2) is 19.2 Å². The van der Waals surface area contributed by atoms with Gasteiger partial charge in [0, 0.05) is 23.8 Å². The molecule has 0 aliphatic carbocycles. The molecule has 1 N–H and O–H groups in total. The van der Waals surface area contributed by atoms with Crippen molar-refractivity contribution in [1.82, 2.24) is 19.2 Å². The normalized spacial score (nSPS) is 11.8. The number of nitrogens with zero attached hydrogens (tertiary/aromatic N) is 4. The first-order valence-electron chi connectivity index (χ1n) is 7.89. The third kappa shape index (κ3) is 3.01. The zero-order valence-corrected chi connectivity index (χ0v) is 13.5. The molecule has 132 valence electrons. The predicted octanol–water partition coefficient (Wildman–Crippen LogP) is 4.15. The SMILES string of the molecule is FC(F)(F)c1ccnn1-c1cccc(NCc2cccc3nccn23)c1. The lowest BCUT2D eigenvalue weighted by Gasteiger charge is -2.13. The Kier molecular flexibility index (Phi) is 3.87. The van der Waals surface area contributed by atoms with Crippen LogP contribution in [0.15, 0.2) is 67.1 Å². The van der Waals surface area contributed by atoms with Crippen molar-refractivity contribution in [2.75, 3.05) is 5.32 Å². The Hall–Kier alpha value is -3.29. The fourth-order valence-electron chi connectivity index (χ4n) is 2.81. The second-order valence-corrected chi connectivity index (χ2v) is 5.70. The molecule has 1 aromatic carbocycles. The number of benzene rings is 1. The number of anilines is 1. The van der Waals surface area contributed by atoms with Gasteiger partial charge in [-0.2, -0.15) is 18.3 Å². The molecule has 26 heavy (non-hydrogen) atoms. The molecule has 0 unspecified atom stereocenters. The zero-order valence-electron chi connectivity index (χ0n) is 13.5. The molecule has 0 bridgehead atoms. The minimum atomic E-state index is -4.46. The smallest absolute Gasteiger partial charge is 0.379 e. The molecular weight excluding hydrogens is 343 g/mol. The summed E-state index contributed by atoms with van der Waals surface area (Å²) in [5, 5.41) is 7.04. The van der Waals surface area contributed by atoms with E-state index in [0.29, 0.717) is 17.9 Å². The van der Waals surface area contributed by atoms with E-state index in [0.717, 1.165) is 28.3 Å². The standard InChI is InChI=1S/C18H14F3N5/c19-18(20,21)16-7-8-24-26(16)14-4-1-3-13(11-14)23-12-15-5-2-6-17-22-9-10-25(15)17/h1-11,23H,12H2. The molecule has 5 nitrogen and oxygen atoms in total. The van der Waals surface area contributed by atoms with Gasteiger partial charge in [0.1, 0.15) is 11.3 Å². The molecule has 0 aliphatic rings. The molecular formula is C18H14F3N5. The van der Waals surface area contributed by atoms with Gasteiger partial charge in [-0.3, -0.25) is 0 Å². The van der Waals surface area contributed by atoms with E-state index in [4.69, 9.17) is 0 Å². The van der Waals surface area contributed by atoms with Gasteiger partial charge >= 0.3 is 6.18 Å². The van der Waals surface area contributed by atoms with Crippen LogP contribution in [0.2, 0.25) is 0 Å². The summed E-state index contributed by atoms with van der Waals surface area (Å²) in [7, 11) is 0. The van der Waals surface area contributed by atoms with Crippen molar-refractivity contribution in [3.63, 3.8) is 0 Å². The van der Waals surface area contributed by atoms with E-state index in [1.165, 1.54) is 0 Å². The van der Waals surface area contributed by atoms with E-state index in [1.54, 1.807) is 30.5 Å². The van der Waals surface area contributed by atoms with E-state index in [-0.39, 0.29) is 0 Å². The van der Waals surface area contributed by atoms with Crippen molar-refractivity contribution in [3.05, 3.63) is 78.5 Å². The molecule has 0 radical (unpaired) electrons. The van der Waals surface area contributed by atoms with Crippen molar-refractivity contribution in [2.24, 2.45) is 0 Å². The number of rotatable bonds is 4. The van der Waals surface area contributed by atoms with E-state index in [1.807, 2.05) is 28.8 Å². The van der Waals surface area contributed by atoms with E-state index in [9.17, 15) is 13.2 Å². The van der Waals surface area contributed by atoms with Gasteiger partial charge in [-0.05, 0) is 36.4 Å². The Morgan fingerprint density at radius 1 is 1.00 bits per heavy atom. The molecule has 8 heteroatoms. The highest BCUT2D eigenvalue weighted by Crippen LogP contribution is 2.30. The second kappa shape index (κ2) is 6.21. The van der Waals surface area contributed by atoms with Crippen LogP contribution in [0.4, 0.5) is 18.9 Å². The summed E-state index contributed by atoms with van der Waals surface area (Å²) in [6, 6.07) is 13.4. The summed E-state index contributed by atoms with van der Waals surface area (Å²) in [4.78, 5) is 4.23. The van der Waals surface area contributed by atoms with E-state index < -0.39 is 11.9 Å². The lowest BCUT2D eigenvalue weighted by Crippen LogP contribution is -2.13. The summed E-state index contributed by atoms with van der Waals surface area (Å²) in [6.07, 6.45) is 0.262. The summed E-state index contributed by atoms with van der Waals surface area (Å²) < 4.78 is 42.1. The lowest BCUT2D eigenvalue weighted by atomic mass is 10.2. The minimum Gasteiger partial charge on any atom is -0.379 e. The largest absolute Gasteiger partial charge is 0.433 e. The molecule has 0 aliphatic heterocycles. The molecule has 4 aromatic rings. The predicted molar refractivity (Wildman–Crippen MR) is 91.1 cm³/mol. The minimum absolute atomic E-state index is 0.341. The van der Waals surface area contributed by atoms with Crippen LogP contribution in [-0.2, 0) is 12.7 Å². The molecule has 0 saturated heterocycles. The van der Waals surface area contributed by atoms with Crippen molar-refractivity contribution in [3.8, 4) is 5.69 Å². The number of alkyl halides is 3. The number of nitrogens with one attached hydrogen (secondary N) is 1. The van der Waals surface area contributed by atoms with Crippen molar-refractivity contribution < 1.29 is 13.2 Å². The third-order valence-electron chi connectivity index (χ3n) is 4.01. The molecule has 0 saturated carbocycles. The maximum absolute atomic E-state index is 13.1. The van der Waals surface area contributed by atoms with Gasteiger partial charge < -0.3 is 9.72 Å². The topological polar surface area (TPSA) is 47.2 Å². The molecule has 3 aromatic heterocycles. The number of pyridine rings is 1. The number of aromatic nitrogens is 4. The van der Waals surface area contributed by atoms with E-state index >= 15 is 0 Å². The lowest BCUT2D eigenvalue weighted by molar-refractivity contribution is -0.142. The molecule has 3 heterocycles. The van der Waals surface area contributed by atoms with Crippen LogP contribution in [0.25, 0.3) is 11.3 Å². The summed E-state index contributed by atoms with van der Waals surface area (Å²) in [6.45, 7) is 0.502. The average molecular weight is 357 g/mol. The third-order valence-corrected chi connectivity index (χ3v) is 4.01. The first-order chi connectivity index (χ1) is 12.5. The highest BCUT2D eigenvalue weighted by atomic mass is 19.4. The van der Waals surface area contributed by atoms with Gasteiger partial charge in [0.2, 0.25) is 0 Å². The van der Waals surface area contributed by atoms with Crippen molar-refractivity contribution in [2.45, 2.75) is 12.7 Å². The number of hydrogen-bond acceptors (Lipinski definition) is 3. The number of imidazole rings is 1. The molecule has 0 amide bonds. The van der Waals surface area contributed by atoms with Crippen LogP contribution in [0.5, 0.6) is 0 Å². The van der Waals surface area contributed by atoms with Crippen LogP contribution in [0.3, 0.4) is 0 Å². The Morgan fingerprint density at radius 3 is 2.69 bits per heavy atom. The Bertz CT molecular complexity index is 1050. The monoisotopic (exact) mass is 357 g/mol. The molecule has 4 rings (SSSR count). The molecule has 0 fully saturated rings. The van der Waals surface area contributed by atoms with Crippen molar-refractivity contribution >= 4 is 11.3 Å². The van der Waals surface area contributed by atoms with Gasteiger partial charge in [0.25, 0.3) is 0 Å². The Balaban J connectivity index is 1.59. The van der Waals surface area contributed by atoms with Crippen LogP contribution < -0.4 is 5.32 Å². The van der Waals surface area contributed by atoms with Gasteiger partial charge in [-0.1, -0.05) is 12.1 Å².